The van der Waals surface area contributed by atoms with E-state index in [1.165, 1.54) is 15.8 Å². The summed E-state index contributed by atoms with van der Waals surface area (Å²) in [7, 11) is 0. The number of carbonyl (C=O) groups is 1. The Bertz CT molecular complexity index is 1000. The van der Waals surface area contributed by atoms with Crippen molar-refractivity contribution < 1.29 is 4.79 Å². The molecular weight excluding hydrogens is 380 g/mol. The SMILES string of the molecule is Cc1ccc(C(=O)NCCN2CCN(c3nc4c(C)c(C)ccc4s3)CC2)cc1. The van der Waals surface area contributed by atoms with E-state index in [-0.39, 0.29) is 5.91 Å². The van der Waals surface area contributed by atoms with E-state index in [1.807, 2.05) is 31.2 Å². The van der Waals surface area contributed by atoms with Gasteiger partial charge in [-0.2, -0.15) is 0 Å². The fraction of sp³-hybridized carbons (Fsp3) is 0.391. The number of fused-ring (bicyclic) bond motifs is 1. The van der Waals surface area contributed by atoms with Gasteiger partial charge in [0.1, 0.15) is 0 Å². The van der Waals surface area contributed by atoms with Gasteiger partial charge in [-0.05, 0) is 50.1 Å². The lowest BCUT2D eigenvalue weighted by Crippen LogP contribution is -2.48. The van der Waals surface area contributed by atoms with Crippen LogP contribution in [0.15, 0.2) is 36.4 Å². The predicted molar refractivity (Wildman–Crippen MR) is 121 cm³/mol. The molecule has 0 aliphatic carbocycles. The van der Waals surface area contributed by atoms with Gasteiger partial charge in [-0.25, -0.2) is 4.98 Å². The van der Waals surface area contributed by atoms with Crippen molar-refractivity contribution in [1.29, 1.82) is 0 Å². The summed E-state index contributed by atoms with van der Waals surface area (Å²) in [6, 6.07) is 12.1. The second-order valence-electron chi connectivity index (χ2n) is 7.80. The third kappa shape index (κ3) is 4.43. The van der Waals surface area contributed by atoms with Gasteiger partial charge in [0, 0.05) is 44.8 Å². The molecule has 29 heavy (non-hydrogen) atoms. The quantitative estimate of drug-likeness (QED) is 0.698. The van der Waals surface area contributed by atoms with Crippen LogP contribution in [-0.4, -0.2) is 55.1 Å². The molecule has 1 aliphatic rings. The molecule has 1 aromatic heterocycles. The smallest absolute Gasteiger partial charge is 0.251 e. The first-order valence-corrected chi connectivity index (χ1v) is 11.0. The van der Waals surface area contributed by atoms with Crippen LogP contribution in [0.25, 0.3) is 10.2 Å². The number of aryl methyl sites for hydroxylation is 3. The molecule has 1 saturated heterocycles. The summed E-state index contributed by atoms with van der Waals surface area (Å²) in [5, 5.41) is 4.16. The van der Waals surface area contributed by atoms with E-state index in [4.69, 9.17) is 4.98 Å². The van der Waals surface area contributed by atoms with Crippen LogP contribution in [0.5, 0.6) is 0 Å². The molecule has 152 valence electrons. The zero-order chi connectivity index (χ0) is 20.4. The Morgan fingerprint density at radius 3 is 2.48 bits per heavy atom. The topological polar surface area (TPSA) is 48.5 Å². The minimum Gasteiger partial charge on any atom is -0.351 e. The van der Waals surface area contributed by atoms with Crippen LogP contribution in [0.4, 0.5) is 5.13 Å². The van der Waals surface area contributed by atoms with E-state index in [0.717, 1.165) is 54.5 Å². The number of hydrogen-bond donors (Lipinski definition) is 1. The normalized spacial score (nSPS) is 15.1. The minimum absolute atomic E-state index is 0.00350. The van der Waals surface area contributed by atoms with Gasteiger partial charge in [0.15, 0.2) is 5.13 Å². The maximum Gasteiger partial charge on any atom is 0.251 e. The van der Waals surface area contributed by atoms with Crippen molar-refractivity contribution in [3.63, 3.8) is 0 Å². The second-order valence-corrected chi connectivity index (χ2v) is 8.81. The van der Waals surface area contributed by atoms with Gasteiger partial charge in [0.2, 0.25) is 0 Å². The monoisotopic (exact) mass is 408 g/mol. The van der Waals surface area contributed by atoms with Gasteiger partial charge in [-0.15, -0.1) is 0 Å². The van der Waals surface area contributed by atoms with E-state index in [2.05, 4.69) is 41.1 Å². The van der Waals surface area contributed by atoms with Gasteiger partial charge in [-0.1, -0.05) is 35.1 Å². The molecule has 1 N–H and O–H groups in total. The van der Waals surface area contributed by atoms with Gasteiger partial charge in [-0.3, -0.25) is 9.69 Å². The Morgan fingerprint density at radius 2 is 1.76 bits per heavy atom. The Labute approximate surface area is 176 Å². The summed E-state index contributed by atoms with van der Waals surface area (Å²) < 4.78 is 1.27. The third-order valence-electron chi connectivity index (χ3n) is 5.74. The molecule has 4 rings (SSSR count). The highest BCUT2D eigenvalue weighted by molar-refractivity contribution is 7.22. The number of thiazole rings is 1. The summed E-state index contributed by atoms with van der Waals surface area (Å²) in [5.41, 5.74) is 5.62. The number of benzene rings is 2. The molecule has 1 fully saturated rings. The van der Waals surface area contributed by atoms with E-state index in [9.17, 15) is 4.79 Å². The first kappa shape index (κ1) is 19.9. The molecule has 0 unspecified atom stereocenters. The highest BCUT2D eigenvalue weighted by Crippen LogP contribution is 2.32. The Morgan fingerprint density at radius 1 is 1.03 bits per heavy atom. The lowest BCUT2D eigenvalue weighted by Gasteiger charge is -2.34. The summed E-state index contributed by atoms with van der Waals surface area (Å²) in [5.74, 6) is 0.00350. The van der Waals surface area contributed by atoms with Gasteiger partial charge >= 0.3 is 0 Å². The van der Waals surface area contributed by atoms with Crippen molar-refractivity contribution in [3.05, 3.63) is 58.7 Å². The van der Waals surface area contributed by atoms with E-state index in [0.29, 0.717) is 6.54 Å². The molecule has 3 aromatic rings. The first-order chi connectivity index (χ1) is 14.0. The van der Waals surface area contributed by atoms with Crippen LogP contribution < -0.4 is 10.2 Å². The number of anilines is 1. The average Bonchev–Trinajstić information content (AvgIpc) is 3.17. The average molecular weight is 409 g/mol. The summed E-state index contributed by atoms with van der Waals surface area (Å²) in [6.07, 6.45) is 0. The first-order valence-electron chi connectivity index (χ1n) is 10.2. The molecule has 2 heterocycles. The zero-order valence-corrected chi connectivity index (χ0v) is 18.2. The van der Waals surface area contributed by atoms with E-state index >= 15 is 0 Å². The zero-order valence-electron chi connectivity index (χ0n) is 17.4. The molecule has 1 amide bonds. The van der Waals surface area contributed by atoms with E-state index < -0.39 is 0 Å². The summed E-state index contributed by atoms with van der Waals surface area (Å²) >= 11 is 1.79. The van der Waals surface area contributed by atoms with Crippen molar-refractivity contribution >= 4 is 32.6 Å². The third-order valence-corrected chi connectivity index (χ3v) is 6.83. The molecule has 2 aromatic carbocycles. The largest absolute Gasteiger partial charge is 0.351 e. The maximum atomic E-state index is 12.2. The fourth-order valence-electron chi connectivity index (χ4n) is 3.65. The van der Waals surface area contributed by atoms with Crippen LogP contribution in [-0.2, 0) is 0 Å². The Hall–Kier alpha value is -2.44. The van der Waals surface area contributed by atoms with E-state index in [1.54, 1.807) is 11.3 Å². The molecule has 0 atom stereocenters. The highest BCUT2D eigenvalue weighted by Gasteiger charge is 2.20. The van der Waals surface area contributed by atoms with Gasteiger partial charge in [0.05, 0.1) is 10.2 Å². The summed E-state index contributed by atoms with van der Waals surface area (Å²) in [4.78, 5) is 21.9. The summed E-state index contributed by atoms with van der Waals surface area (Å²) in [6.45, 7) is 11.8. The number of rotatable bonds is 5. The van der Waals surface area contributed by atoms with Crippen molar-refractivity contribution in [2.24, 2.45) is 0 Å². The van der Waals surface area contributed by atoms with Gasteiger partial charge in [0.25, 0.3) is 5.91 Å². The molecule has 0 bridgehead atoms. The number of piperazine rings is 1. The molecular formula is C23H28N4OS. The van der Waals surface area contributed by atoms with Crippen molar-refractivity contribution in [2.75, 3.05) is 44.2 Å². The molecule has 5 nitrogen and oxygen atoms in total. The number of nitrogens with one attached hydrogen (secondary N) is 1. The number of amides is 1. The Balaban J connectivity index is 1.27. The predicted octanol–water partition coefficient (Wildman–Crippen LogP) is 3.77. The van der Waals surface area contributed by atoms with Gasteiger partial charge < -0.3 is 10.2 Å². The molecule has 0 saturated carbocycles. The van der Waals surface area contributed by atoms with Crippen LogP contribution in [0.3, 0.4) is 0 Å². The molecule has 6 heteroatoms. The van der Waals surface area contributed by atoms with Crippen LogP contribution in [0, 0.1) is 20.8 Å². The standard InChI is InChI=1S/C23H28N4OS/c1-16-4-7-19(8-5-16)22(28)24-10-11-26-12-14-27(15-13-26)23-25-21-18(3)17(2)6-9-20(21)29-23/h4-9H,10-15H2,1-3H3,(H,24,28). The lowest BCUT2D eigenvalue weighted by atomic mass is 10.1. The van der Waals surface area contributed by atoms with Crippen LogP contribution in [0.2, 0.25) is 0 Å². The molecule has 0 spiro atoms. The minimum atomic E-state index is 0.00350. The van der Waals surface area contributed by atoms with Crippen LogP contribution in [0.1, 0.15) is 27.0 Å². The van der Waals surface area contributed by atoms with Crippen molar-refractivity contribution in [3.8, 4) is 0 Å². The number of hydrogen-bond acceptors (Lipinski definition) is 5. The van der Waals surface area contributed by atoms with Crippen molar-refractivity contribution in [1.82, 2.24) is 15.2 Å². The lowest BCUT2D eigenvalue weighted by molar-refractivity contribution is 0.0948. The fourth-order valence-corrected chi connectivity index (χ4v) is 4.72. The van der Waals surface area contributed by atoms with Crippen LogP contribution >= 0.6 is 11.3 Å². The number of carbonyl (C=O) groups excluding carboxylic acids is 1. The number of nitrogens with zero attached hydrogens (tertiary/aromatic N) is 3. The Kier molecular flexibility index (Phi) is 5.83. The second kappa shape index (κ2) is 8.51. The number of aromatic nitrogens is 1. The highest BCUT2D eigenvalue weighted by atomic mass is 32.1. The molecule has 0 radical (unpaired) electrons. The van der Waals surface area contributed by atoms with Crippen molar-refractivity contribution in [2.45, 2.75) is 20.8 Å². The maximum absolute atomic E-state index is 12.2. The molecule has 1 aliphatic heterocycles.